The maximum absolute atomic E-state index is 12.5. The van der Waals surface area contributed by atoms with Gasteiger partial charge in [-0.1, -0.05) is 34.1 Å². The van der Waals surface area contributed by atoms with E-state index in [1.165, 1.54) is 6.33 Å². The van der Waals surface area contributed by atoms with E-state index >= 15 is 0 Å². The molecule has 8 heteroatoms. The summed E-state index contributed by atoms with van der Waals surface area (Å²) in [4.78, 5) is 21.2. The van der Waals surface area contributed by atoms with Crippen LogP contribution in [0.5, 0.6) is 5.75 Å². The summed E-state index contributed by atoms with van der Waals surface area (Å²) in [6.07, 6.45) is 1.48. The molecule has 1 heterocycles. The monoisotopic (exact) mass is 463 g/mol. The summed E-state index contributed by atoms with van der Waals surface area (Å²) >= 11 is 3.43. The third kappa shape index (κ3) is 4.49. The fraction of sp³-hybridized carbons (Fsp3) is 0.0455. The molecule has 4 aromatic rings. The van der Waals surface area contributed by atoms with Gasteiger partial charge in [0.2, 0.25) is 0 Å². The Morgan fingerprint density at radius 2 is 1.70 bits per heavy atom. The topological polar surface area (TPSA) is 88.2 Å². The molecule has 3 aromatic carbocycles. The summed E-state index contributed by atoms with van der Waals surface area (Å²) in [5.41, 5.74) is 2.77. The fourth-order valence-electron chi connectivity index (χ4n) is 2.93. The van der Waals surface area contributed by atoms with Crippen LogP contribution in [0.1, 0.15) is 0 Å². The lowest BCUT2D eigenvalue weighted by Crippen LogP contribution is -2.19. The minimum absolute atomic E-state index is 0.377. The fourth-order valence-corrected chi connectivity index (χ4v) is 3.19. The standard InChI is InChI=1S/C22H18BrN5O2/c1-30-20-12-18-17(11-19(20)28-22(29)27-15-5-3-2-4-6-15)21(25-13-24-18)26-16-9-7-14(23)8-10-16/h2-13H,1H3,(H,24,25,26)(H2,27,28,29). The van der Waals surface area contributed by atoms with Crippen molar-refractivity contribution in [2.75, 3.05) is 23.1 Å². The molecule has 0 aliphatic heterocycles. The predicted molar refractivity (Wildman–Crippen MR) is 123 cm³/mol. The maximum atomic E-state index is 12.5. The summed E-state index contributed by atoms with van der Waals surface area (Å²) in [5.74, 6) is 1.12. The van der Waals surface area contributed by atoms with Crippen molar-refractivity contribution in [1.82, 2.24) is 9.97 Å². The number of rotatable bonds is 5. The van der Waals surface area contributed by atoms with Gasteiger partial charge in [0.05, 0.1) is 18.3 Å². The van der Waals surface area contributed by atoms with Crippen molar-refractivity contribution in [2.24, 2.45) is 0 Å². The third-order valence-electron chi connectivity index (χ3n) is 4.34. The molecule has 30 heavy (non-hydrogen) atoms. The number of carbonyl (C=O) groups is 1. The van der Waals surface area contributed by atoms with Gasteiger partial charge in [0.15, 0.2) is 0 Å². The highest BCUT2D eigenvalue weighted by Crippen LogP contribution is 2.33. The molecule has 0 saturated carbocycles. The van der Waals surface area contributed by atoms with Crippen LogP contribution in [0.15, 0.2) is 77.5 Å². The molecule has 0 aliphatic carbocycles. The van der Waals surface area contributed by atoms with Crippen LogP contribution < -0.4 is 20.7 Å². The molecule has 0 spiro atoms. The van der Waals surface area contributed by atoms with Gasteiger partial charge in [-0.05, 0) is 42.5 Å². The molecule has 0 unspecified atom stereocenters. The molecular weight excluding hydrogens is 446 g/mol. The minimum atomic E-state index is -0.377. The highest BCUT2D eigenvalue weighted by atomic mass is 79.9. The number of urea groups is 1. The van der Waals surface area contributed by atoms with E-state index in [2.05, 4.69) is 41.8 Å². The van der Waals surface area contributed by atoms with Gasteiger partial charge in [-0.25, -0.2) is 14.8 Å². The number of nitrogens with zero attached hydrogens (tertiary/aromatic N) is 2. The van der Waals surface area contributed by atoms with Crippen LogP contribution in [0.2, 0.25) is 0 Å². The van der Waals surface area contributed by atoms with Gasteiger partial charge >= 0.3 is 6.03 Å². The van der Waals surface area contributed by atoms with Crippen molar-refractivity contribution in [3.8, 4) is 5.75 Å². The van der Waals surface area contributed by atoms with Crippen LogP contribution in [0.25, 0.3) is 10.9 Å². The molecule has 0 bridgehead atoms. The SMILES string of the molecule is COc1cc2ncnc(Nc3ccc(Br)cc3)c2cc1NC(=O)Nc1ccccc1. The molecule has 2 amide bonds. The van der Waals surface area contributed by atoms with Crippen LogP contribution >= 0.6 is 15.9 Å². The van der Waals surface area contributed by atoms with E-state index in [1.54, 1.807) is 19.2 Å². The first kappa shape index (κ1) is 19.7. The first-order valence-corrected chi connectivity index (χ1v) is 9.90. The number of anilines is 4. The van der Waals surface area contributed by atoms with E-state index in [4.69, 9.17) is 4.74 Å². The molecule has 3 N–H and O–H groups in total. The average molecular weight is 464 g/mol. The largest absolute Gasteiger partial charge is 0.494 e. The number of fused-ring (bicyclic) bond motifs is 1. The Bertz CT molecular complexity index is 1180. The summed E-state index contributed by atoms with van der Waals surface area (Å²) in [5, 5.41) is 9.67. The normalized spacial score (nSPS) is 10.5. The number of amides is 2. The van der Waals surface area contributed by atoms with Crippen LogP contribution in [0.4, 0.5) is 27.7 Å². The number of aromatic nitrogens is 2. The number of ether oxygens (including phenoxy) is 1. The molecule has 0 aliphatic rings. The van der Waals surface area contributed by atoms with Crippen molar-refractivity contribution in [3.05, 3.63) is 77.5 Å². The number of nitrogens with one attached hydrogen (secondary N) is 3. The lowest BCUT2D eigenvalue weighted by molar-refractivity contribution is 0.262. The minimum Gasteiger partial charge on any atom is -0.494 e. The molecule has 0 saturated heterocycles. The molecular formula is C22H18BrN5O2. The Morgan fingerprint density at radius 1 is 0.933 bits per heavy atom. The van der Waals surface area contributed by atoms with E-state index in [0.717, 1.165) is 15.5 Å². The lowest BCUT2D eigenvalue weighted by Gasteiger charge is -2.14. The second kappa shape index (κ2) is 8.79. The number of halogens is 1. The number of carbonyl (C=O) groups excluding carboxylic acids is 1. The summed E-state index contributed by atoms with van der Waals surface area (Å²) in [7, 11) is 1.55. The third-order valence-corrected chi connectivity index (χ3v) is 4.87. The van der Waals surface area contributed by atoms with Gasteiger partial charge in [0.25, 0.3) is 0 Å². The van der Waals surface area contributed by atoms with Crippen molar-refractivity contribution in [3.63, 3.8) is 0 Å². The van der Waals surface area contributed by atoms with Gasteiger partial charge in [-0.2, -0.15) is 0 Å². The maximum Gasteiger partial charge on any atom is 0.323 e. The van der Waals surface area contributed by atoms with Gasteiger partial charge in [0, 0.05) is 27.3 Å². The van der Waals surface area contributed by atoms with Gasteiger partial charge in [-0.3, -0.25) is 0 Å². The van der Waals surface area contributed by atoms with Gasteiger partial charge < -0.3 is 20.7 Å². The van der Waals surface area contributed by atoms with Crippen molar-refractivity contribution >= 4 is 55.7 Å². The zero-order chi connectivity index (χ0) is 20.9. The van der Waals surface area contributed by atoms with Crippen molar-refractivity contribution < 1.29 is 9.53 Å². The molecule has 7 nitrogen and oxygen atoms in total. The van der Waals surface area contributed by atoms with Crippen LogP contribution in [-0.2, 0) is 0 Å². The first-order chi connectivity index (χ1) is 14.6. The Morgan fingerprint density at radius 3 is 2.43 bits per heavy atom. The van der Waals surface area contributed by atoms with Gasteiger partial charge in [-0.15, -0.1) is 0 Å². The zero-order valence-corrected chi connectivity index (χ0v) is 17.6. The van der Waals surface area contributed by atoms with E-state index in [1.807, 2.05) is 54.6 Å². The summed E-state index contributed by atoms with van der Waals surface area (Å²) < 4.78 is 6.43. The Hall–Kier alpha value is -3.65. The molecule has 0 radical (unpaired) electrons. The highest BCUT2D eigenvalue weighted by Gasteiger charge is 2.13. The van der Waals surface area contributed by atoms with Crippen LogP contribution in [-0.4, -0.2) is 23.1 Å². The highest BCUT2D eigenvalue weighted by molar-refractivity contribution is 9.10. The second-order valence-electron chi connectivity index (χ2n) is 6.37. The second-order valence-corrected chi connectivity index (χ2v) is 7.28. The van der Waals surface area contributed by atoms with E-state index < -0.39 is 0 Å². The van der Waals surface area contributed by atoms with E-state index in [0.29, 0.717) is 28.5 Å². The molecule has 0 atom stereocenters. The number of hydrogen-bond donors (Lipinski definition) is 3. The number of methoxy groups -OCH3 is 1. The number of para-hydroxylation sites is 1. The van der Waals surface area contributed by atoms with Crippen LogP contribution in [0.3, 0.4) is 0 Å². The van der Waals surface area contributed by atoms with Crippen LogP contribution in [0, 0.1) is 0 Å². The van der Waals surface area contributed by atoms with E-state index in [9.17, 15) is 4.79 Å². The van der Waals surface area contributed by atoms with Gasteiger partial charge in [0.1, 0.15) is 17.9 Å². The number of hydrogen-bond acceptors (Lipinski definition) is 5. The molecule has 4 rings (SSSR count). The first-order valence-electron chi connectivity index (χ1n) is 9.11. The molecule has 1 aromatic heterocycles. The summed E-state index contributed by atoms with van der Waals surface area (Å²) in [6.45, 7) is 0. The Labute approximate surface area is 181 Å². The molecule has 0 fully saturated rings. The quantitative estimate of drug-likeness (QED) is 0.348. The van der Waals surface area contributed by atoms with Crippen molar-refractivity contribution in [1.29, 1.82) is 0 Å². The Balaban J connectivity index is 1.65. The Kier molecular flexibility index (Phi) is 5.76. The lowest BCUT2D eigenvalue weighted by atomic mass is 10.2. The number of benzene rings is 3. The zero-order valence-electron chi connectivity index (χ0n) is 16.0. The van der Waals surface area contributed by atoms with Crippen molar-refractivity contribution in [2.45, 2.75) is 0 Å². The predicted octanol–water partition coefficient (Wildman–Crippen LogP) is 5.79. The molecule has 150 valence electrons. The van der Waals surface area contributed by atoms with E-state index in [-0.39, 0.29) is 6.03 Å². The average Bonchev–Trinajstić information content (AvgIpc) is 2.76. The smallest absolute Gasteiger partial charge is 0.323 e. The summed E-state index contributed by atoms with van der Waals surface area (Å²) in [6, 6.07) is 20.1.